The second kappa shape index (κ2) is 5.46. The number of aryl methyl sites for hydroxylation is 1. The summed E-state index contributed by atoms with van der Waals surface area (Å²) in [4.78, 5) is 0. The predicted octanol–water partition coefficient (Wildman–Crippen LogP) is 2.39. The maximum atomic E-state index is 9.83. The summed E-state index contributed by atoms with van der Waals surface area (Å²) >= 11 is 0. The lowest BCUT2D eigenvalue weighted by Crippen LogP contribution is -2.41. The smallest absolute Gasteiger partial charge is 0.0693 e. The zero-order valence-electron chi connectivity index (χ0n) is 9.95. The van der Waals surface area contributed by atoms with Gasteiger partial charge in [0.05, 0.1) is 6.10 Å². The minimum absolute atomic E-state index is 0.154. The van der Waals surface area contributed by atoms with Crippen LogP contribution in [0.5, 0.6) is 0 Å². The minimum atomic E-state index is -0.154. The number of rotatable bonds is 3. The van der Waals surface area contributed by atoms with E-state index in [4.69, 9.17) is 0 Å². The van der Waals surface area contributed by atoms with E-state index in [1.165, 1.54) is 24.0 Å². The van der Waals surface area contributed by atoms with Crippen molar-refractivity contribution in [2.75, 3.05) is 0 Å². The molecule has 2 heteroatoms. The molecule has 1 fully saturated rings. The number of benzene rings is 1. The highest BCUT2D eigenvalue weighted by atomic mass is 16.3. The number of hydrogen-bond donors (Lipinski definition) is 2. The monoisotopic (exact) mass is 219 g/mol. The van der Waals surface area contributed by atoms with Crippen LogP contribution in [0.2, 0.25) is 0 Å². The van der Waals surface area contributed by atoms with Crippen molar-refractivity contribution in [3.63, 3.8) is 0 Å². The Balaban J connectivity index is 1.84. The van der Waals surface area contributed by atoms with Crippen molar-refractivity contribution in [3.8, 4) is 0 Å². The van der Waals surface area contributed by atoms with E-state index >= 15 is 0 Å². The van der Waals surface area contributed by atoms with Gasteiger partial charge in [-0.1, -0.05) is 42.7 Å². The standard InChI is InChI=1S/C14H21NO/c1-11-6-8-12(9-7-11)10-15-13-4-2-3-5-14(13)16/h6-9,13-16H,2-5,10H2,1H3/t13-,14-/m1/s1. The van der Waals surface area contributed by atoms with Gasteiger partial charge >= 0.3 is 0 Å². The molecule has 88 valence electrons. The number of nitrogens with one attached hydrogen (secondary N) is 1. The van der Waals surface area contributed by atoms with E-state index in [-0.39, 0.29) is 12.1 Å². The van der Waals surface area contributed by atoms with Crippen LogP contribution in [0, 0.1) is 6.92 Å². The molecule has 0 bridgehead atoms. The summed E-state index contributed by atoms with van der Waals surface area (Å²) in [5, 5.41) is 13.3. The van der Waals surface area contributed by atoms with E-state index in [1.54, 1.807) is 0 Å². The molecule has 0 heterocycles. The molecule has 2 nitrogen and oxygen atoms in total. The second-order valence-electron chi connectivity index (χ2n) is 4.82. The Morgan fingerprint density at radius 3 is 2.56 bits per heavy atom. The average Bonchev–Trinajstić information content (AvgIpc) is 2.30. The third-order valence-corrected chi connectivity index (χ3v) is 3.42. The van der Waals surface area contributed by atoms with Gasteiger partial charge in [0.1, 0.15) is 0 Å². The normalized spacial score (nSPS) is 25.6. The average molecular weight is 219 g/mol. The molecular formula is C14H21NO. The Hall–Kier alpha value is -0.860. The van der Waals surface area contributed by atoms with Crippen molar-refractivity contribution in [3.05, 3.63) is 35.4 Å². The molecule has 1 aliphatic rings. The molecule has 2 rings (SSSR count). The highest BCUT2D eigenvalue weighted by molar-refractivity contribution is 5.21. The van der Waals surface area contributed by atoms with Gasteiger partial charge in [0.25, 0.3) is 0 Å². The van der Waals surface area contributed by atoms with Crippen LogP contribution in [-0.4, -0.2) is 17.3 Å². The fourth-order valence-electron chi connectivity index (χ4n) is 2.30. The lowest BCUT2D eigenvalue weighted by Gasteiger charge is -2.28. The maximum Gasteiger partial charge on any atom is 0.0693 e. The van der Waals surface area contributed by atoms with Crippen LogP contribution in [0.25, 0.3) is 0 Å². The van der Waals surface area contributed by atoms with Gasteiger partial charge in [-0.3, -0.25) is 0 Å². The highest BCUT2D eigenvalue weighted by Crippen LogP contribution is 2.18. The highest BCUT2D eigenvalue weighted by Gasteiger charge is 2.21. The fraction of sp³-hybridized carbons (Fsp3) is 0.571. The zero-order valence-corrected chi connectivity index (χ0v) is 9.95. The van der Waals surface area contributed by atoms with Crippen molar-refractivity contribution >= 4 is 0 Å². The van der Waals surface area contributed by atoms with Crippen molar-refractivity contribution in [1.82, 2.24) is 5.32 Å². The summed E-state index contributed by atoms with van der Waals surface area (Å²) in [6, 6.07) is 8.85. The van der Waals surface area contributed by atoms with Gasteiger partial charge < -0.3 is 10.4 Å². The second-order valence-corrected chi connectivity index (χ2v) is 4.82. The predicted molar refractivity (Wildman–Crippen MR) is 66.3 cm³/mol. The third kappa shape index (κ3) is 3.06. The first kappa shape index (κ1) is 11.6. The van der Waals surface area contributed by atoms with Gasteiger partial charge in [-0.25, -0.2) is 0 Å². The lowest BCUT2D eigenvalue weighted by atomic mass is 9.92. The molecule has 0 radical (unpaired) electrons. The number of aliphatic hydroxyl groups is 1. The topological polar surface area (TPSA) is 32.3 Å². The molecule has 1 aromatic carbocycles. The van der Waals surface area contributed by atoms with Crippen molar-refractivity contribution in [2.45, 2.75) is 51.3 Å². The van der Waals surface area contributed by atoms with E-state index in [0.717, 1.165) is 19.4 Å². The van der Waals surface area contributed by atoms with Crippen LogP contribution in [-0.2, 0) is 6.54 Å². The number of aliphatic hydroxyl groups excluding tert-OH is 1. The third-order valence-electron chi connectivity index (χ3n) is 3.42. The lowest BCUT2D eigenvalue weighted by molar-refractivity contribution is 0.0902. The van der Waals surface area contributed by atoms with Crippen LogP contribution in [0.4, 0.5) is 0 Å². The van der Waals surface area contributed by atoms with Crippen LogP contribution in [0.15, 0.2) is 24.3 Å². The molecule has 2 atom stereocenters. The van der Waals surface area contributed by atoms with E-state index in [1.807, 2.05) is 0 Å². The van der Waals surface area contributed by atoms with Crippen LogP contribution in [0.1, 0.15) is 36.8 Å². The molecular weight excluding hydrogens is 198 g/mol. The summed E-state index contributed by atoms with van der Waals surface area (Å²) < 4.78 is 0. The summed E-state index contributed by atoms with van der Waals surface area (Å²) in [6.07, 6.45) is 4.31. The molecule has 1 aromatic rings. The molecule has 0 aromatic heterocycles. The van der Waals surface area contributed by atoms with Crippen molar-refractivity contribution in [1.29, 1.82) is 0 Å². The van der Waals surface area contributed by atoms with Crippen LogP contribution < -0.4 is 5.32 Å². The zero-order chi connectivity index (χ0) is 11.4. The van der Waals surface area contributed by atoms with Crippen molar-refractivity contribution in [2.24, 2.45) is 0 Å². The minimum Gasteiger partial charge on any atom is -0.392 e. The van der Waals surface area contributed by atoms with Crippen molar-refractivity contribution < 1.29 is 5.11 Å². The molecule has 1 saturated carbocycles. The maximum absolute atomic E-state index is 9.83. The van der Waals surface area contributed by atoms with E-state index < -0.39 is 0 Å². The first-order valence-corrected chi connectivity index (χ1v) is 6.23. The Morgan fingerprint density at radius 1 is 1.19 bits per heavy atom. The first-order valence-electron chi connectivity index (χ1n) is 6.23. The quantitative estimate of drug-likeness (QED) is 0.818. The molecule has 0 amide bonds. The summed E-state index contributed by atoms with van der Waals surface area (Å²) in [7, 11) is 0. The Labute approximate surface area is 97.7 Å². The van der Waals surface area contributed by atoms with Gasteiger partial charge in [0.15, 0.2) is 0 Å². The summed E-state index contributed by atoms with van der Waals surface area (Å²) in [5.41, 5.74) is 2.59. The van der Waals surface area contributed by atoms with Crippen LogP contribution >= 0.6 is 0 Å². The fourth-order valence-corrected chi connectivity index (χ4v) is 2.30. The van der Waals surface area contributed by atoms with Gasteiger partial charge in [0.2, 0.25) is 0 Å². The summed E-state index contributed by atoms with van der Waals surface area (Å²) in [6.45, 7) is 2.96. The van der Waals surface area contributed by atoms with E-state index in [0.29, 0.717) is 0 Å². The molecule has 2 N–H and O–H groups in total. The molecule has 1 aliphatic carbocycles. The van der Waals surface area contributed by atoms with Gasteiger partial charge in [0, 0.05) is 12.6 Å². The van der Waals surface area contributed by atoms with Gasteiger partial charge in [-0.05, 0) is 25.3 Å². The molecule has 0 unspecified atom stereocenters. The van der Waals surface area contributed by atoms with E-state index in [2.05, 4.69) is 36.5 Å². The van der Waals surface area contributed by atoms with Gasteiger partial charge in [-0.2, -0.15) is 0 Å². The molecule has 0 aliphatic heterocycles. The largest absolute Gasteiger partial charge is 0.392 e. The Morgan fingerprint density at radius 2 is 1.88 bits per heavy atom. The molecule has 0 saturated heterocycles. The molecule has 16 heavy (non-hydrogen) atoms. The van der Waals surface area contributed by atoms with Crippen LogP contribution in [0.3, 0.4) is 0 Å². The van der Waals surface area contributed by atoms with E-state index in [9.17, 15) is 5.11 Å². The number of hydrogen-bond acceptors (Lipinski definition) is 2. The summed E-state index contributed by atoms with van der Waals surface area (Å²) in [5.74, 6) is 0. The molecule has 0 spiro atoms. The SMILES string of the molecule is Cc1ccc(CN[C@@H]2CCCC[C@H]2O)cc1. The first-order chi connectivity index (χ1) is 7.75. The Kier molecular flexibility index (Phi) is 3.97. The Bertz CT molecular complexity index is 320. The van der Waals surface area contributed by atoms with Gasteiger partial charge in [-0.15, -0.1) is 0 Å².